The smallest absolute Gasteiger partial charge is 0.410 e. The normalized spacial score (nSPS) is 14.2. The molecule has 0 spiro atoms. The first-order chi connectivity index (χ1) is 19.2. The molecule has 3 aromatic rings. The molecule has 10 nitrogen and oxygen atoms in total. The van der Waals surface area contributed by atoms with Crippen molar-refractivity contribution in [2.75, 3.05) is 42.1 Å². The van der Waals surface area contributed by atoms with Crippen LogP contribution in [-0.2, 0) is 14.9 Å². The minimum absolute atomic E-state index is 0.0469. The van der Waals surface area contributed by atoms with Crippen LogP contribution in [0.2, 0.25) is 10.0 Å². The lowest BCUT2D eigenvalue weighted by Gasteiger charge is -2.36. The highest BCUT2D eigenvalue weighted by atomic mass is 35.5. The second-order valence-electron chi connectivity index (χ2n) is 11.7. The first kappa shape index (κ1) is 30.9. The molecule has 0 atom stereocenters. The Morgan fingerprint density at radius 3 is 2.29 bits per heavy atom. The van der Waals surface area contributed by atoms with Crippen LogP contribution in [0, 0.1) is 0 Å². The second kappa shape index (κ2) is 12.5. The van der Waals surface area contributed by atoms with Crippen LogP contribution in [0.15, 0.2) is 41.6 Å². The van der Waals surface area contributed by atoms with Gasteiger partial charge < -0.3 is 19.9 Å². The molecule has 1 aliphatic rings. The van der Waals surface area contributed by atoms with Crippen LogP contribution in [0.4, 0.5) is 16.2 Å². The third kappa shape index (κ3) is 8.05. The molecule has 13 heteroatoms. The Hall–Kier alpha value is -3.02. The van der Waals surface area contributed by atoms with Gasteiger partial charge in [-0.2, -0.15) is 4.68 Å². The van der Waals surface area contributed by atoms with Crippen LogP contribution in [0.3, 0.4) is 0 Å². The molecule has 1 fully saturated rings. The molecule has 2 amide bonds. The van der Waals surface area contributed by atoms with Crippen molar-refractivity contribution in [1.82, 2.24) is 25.1 Å². The number of hydrogen-bond acceptors (Lipinski definition) is 8. The van der Waals surface area contributed by atoms with Crippen LogP contribution in [0.5, 0.6) is 0 Å². The maximum Gasteiger partial charge on any atom is 0.410 e. The minimum Gasteiger partial charge on any atom is -0.444 e. The number of rotatable bonds is 6. The predicted octanol–water partition coefficient (Wildman–Crippen LogP) is 6.05. The third-order valence-electron chi connectivity index (χ3n) is 6.34. The largest absolute Gasteiger partial charge is 0.444 e. The molecule has 1 N–H and O–H groups in total. The lowest BCUT2D eigenvalue weighted by atomic mass is 9.87. The summed E-state index contributed by atoms with van der Waals surface area (Å²) in [6, 6.07) is 11.3. The van der Waals surface area contributed by atoms with E-state index in [1.165, 1.54) is 16.4 Å². The van der Waals surface area contributed by atoms with Gasteiger partial charge >= 0.3 is 6.09 Å². The number of carbonyl (C=O) groups excluding carboxylic acids is 2. The molecule has 1 aliphatic heterocycles. The fourth-order valence-electron chi connectivity index (χ4n) is 4.16. The van der Waals surface area contributed by atoms with E-state index in [0.717, 1.165) is 11.3 Å². The number of piperazine rings is 1. The van der Waals surface area contributed by atoms with Gasteiger partial charge in [0.25, 0.3) is 0 Å². The van der Waals surface area contributed by atoms with Gasteiger partial charge in [0.15, 0.2) is 0 Å². The molecule has 2 aromatic carbocycles. The monoisotopic (exact) mass is 619 g/mol. The summed E-state index contributed by atoms with van der Waals surface area (Å²) in [5, 5.41) is 16.1. The van der Waals surface area contributed by atoms with E-state index < -0.39 is 5.60 Å². The average molecular weight is 621 g/mol. The molecule has 0 unspecified atom stereocenters. The fraction of sp³-hybridized carbons (Fsp3) is 0.464. The number of ether oxygens (including phenoxy) is 1. The quantitative estimate of drug-likeness (QED) is 0.332. The summed E-state index contributed by atoms with van der Waals surface area (Å²) in [7, 11) is 0. The standard InChI is InChI=1S/C28H35Cl2N7O3S/c1-27(2,3)18-7-10-23(21(30)15-18)37-25(32-33-34-37)41-17-24(38)31-22-9-8-19(16-20(22)29)35-11-13-36(14-12-35)26(39)40-28(4,5)6/h7-10,15-16H,11-14,17H2,1-6H3,(H,31,38). The van der Waals surface area contributed by atoms with Gasteiger partial charge in [0.1, 0.15) is 5.60 Å². The number of carbonyl (C=O) groups is 2. The SMILES string of the molecule is CC(C)(C)OC(=O)N1CCN(c2ccc(NC(=O)CSc3nnnn3-c3ccc(C(C)(C)C)cc3Cl)c(Cl)c2)CC1. The molecule has 1 saturated heterocycles. The van der Waals surface area contributed by atoms with Gasteiger partial charge in [0, 0.05) is 31.9 Å². The molecule has 2 heterocycles. The summed E-state index contributed by atoms with van der Waals surface area (Å²) in [4.78, 5) is 29.0. The number of halogens is 2. The van der Waals surface area contributed by atoms with E-state index in [9.17, 15) is 9.59 Å². The predicted molar refractivity (Wildman–Crippen MR) is 164 cm³/mol. The molecular weight excluding hydrogens is 585 g/mol. The van der Waals surface area contributed by atoms with Crippen LogP contribution in [0.1, 0.15) is 47.1 Å². The number of tetrazole rings is 1. The summed E-state index contributed by atoms with van der Waals surface area (Å²) < 4.78 is 7.00. The Bertz CT molecular complexity index is 1410. The van der Waals surface area contributed by atoms with Gasteiger partial charge in [-0.3, -0.25) is 4.79 Å². The molecule has 0 radical (unpaired) electrons. The van der Waals surface area contributed by atoms with Gasteiger partial charge in [0.05, 0.1) is 27.2 Å². The number of hydrogen-bond donors (Lipinski definition) is 1. The van der Waals surface area contributed by atoms with E-state index in [4.69, 9.17) is 27.9 Å². The highest BCUT2D eigenvalue weighted by Gasteiger charge is 2.26. The van der Waals surface area contributed by atoms with Crippen molar-refractivity contribution in [2.45, 2.75) is 57.7 Å². The van der Waals surface area contributed by atoms with Crippen LogP contribution in [-0.4, -0.2) is 74.6 Å². The molecule has 220 valence electrons. The minimum atomic E-state index is -0.527. The Morgan fingerprint density at radius 1 is 0.976 bits per heavy atom. The maximum absolute atomic E-state index is 12.8. The summed E-state index contributed by atoms with van der Waals surface area (Å²) in [6.07, 6.45) is -0.304. The highest BCUT2D eigenvalue weighted by Crippen LogP contribution is 2.31. The number of thioether (sulfide) groups is 1. The number of anilines is 2. The van der Waals surface area contributed by atoms with Crippen LogP contribution < -0.4 is 10.2 Å². The Morgan fingerprint density at radius 2 is 1.68 bits per heavy atom. The zero-order valence-corrected chi connectivity index (χ0v) is 26.4. The van der Waals surface area contributed by atoms with E-state index >= 15 is 0 Å². The first-order valence-electron chi connectivity index (χ1n) is 13.2. The molecular formula is C28H35Cl2N7O3S. The Balaban J connectivity index is 1.33. The summed E-state index contributed by atoms with van der Waals surface area (Å²) in [5.74, 6) is -0.178. The number of amides is 2. The van der Waals surface area contributed by atoms with Crippen molar-refractivity contribution in [3.8, 4) is 5.69 Å². The van der Waals surface area contributed by atoms with Crippen molar-refractivity contribution in [3.63, 3.8) is 0 Å². The van der Waals surface area contributed by atoms with Crippen molar-refractivity contribution in [1.29, 1.82) is 0 Å². The zero-order valence-electron chi connectivity index (χ0n) is 24.1. The van der Waals surface area contributed by atoms with Gasteiger partial charge in [-0.05, 0) is 72.5 Å². The van der Waals surface area contributed by atoms with Crippen molar-refractivity contribution < 1.29 is 14.3 Å². The third-order valence-corrected chi connectivity index (χ3v) is 7.87. The van der Waals surface area contributed by atoms with Crippen molar-refractivity contribution in [3.05, 3.63) is 52.0 Å². The average Bonchev–Trinajstić information content (AvgIpc) is 3.35. The molecule has 4 rings (SSSR count). The molecule has 1 aromatic heterocycles. The van der Waals surface area contributed by atoms with E-state index in [1.807, 2.05) is 51.1 Å². The second-order valence-corrected chi connectivity index (χ2v) is 13.5. The lowest BCUT2D eigenvalue weighted by Crippen LogP contribution is -2.50. The number of benzene rings is 2. The molecule has 0 aliphatic carbocycles. The maximum atomic E-state index is 12.8. The summed E-state index contributed by atoms with van der Waals surface area (Å²) in [6.45, 7) is 14.3. The van der Waals surface area contributed by atoms with Gasteiger partial charge in [0.2, 0.25) is 11.1 Å². The fourth-order valence-corrected chi connectivity index (χ4v) is 5.32. The van der Waals surface area contributed by atoms with Crippen molar-refractivity contribution in [2.24, 2.45) is 0 Å². The van der Waals surface area contributed by atoms with E-state index in [2.05, 4.69) is 46.5 Å². The first-order valence-corrected chi connectivity index (χ1v) is 15.0. The van der Waals surface area contributed by atoms with E-state index in [0.29, 0.717) is 52.8 Å². The number of nitrogens with zero attached hydrogens (tertiary/aromatic N) is 6. The Labute approximate surface area is 254 Å². The zero-order chi connectivity index (χ0) is 29.9. The molecule has 0 bridgehead atoms. The highest BCUT2D eigenvalue weighted by molar-refractivity contribution is 7.99. The summed E-state index contributed by atoms with van der Waals surface area (Å²) >= 11 is 14.3. The van der Waals surface area contributed by atoms with Gasteiger partial charge in [-0.15, -0.1) is 5.10 Å². The lowest BCUT2D eigenvalue weighted by molar-refractivity contribution is -0.113. The van der Waals surface area contributed by atoms with Crippen LogP contribution in [0.25, 0.3) is 5.69 Å². The Kier molecular flexibility index (Phi) is 9.40. The van der Waals surface area contributed by atoms with E-state index in [1.54, 1.807) is 11.0 Å². The van der Waals surface area contributed by atoms with Gasteiger partial charge in [-0.25, -0.2) is 4.79 Å². The van der Waals surface area contributed by atoms with E-state index in [-0.39, 0.29) is 23.2 Å². The number of aromatic nitrogens is 4. The summed E-state index contributed by atoms with van der Waals surface area (Å²) in [5.41, 5.74) is 2.58. The number of nitrogens with one attached hydrogen (secondary N) is 1. The topological polar surface area (TPSA) is 105 Å². The molecule has 0 saturated carbocycles. The molecule has 41 heavy (non-hydrogen) atoms. The van der Waals surface area contributed by atoms with Crippen LogP contribution >= 0.6 is 35.0 Å². The van der Waals surface area contributed by atoms with Gasteiger partial charge in [-0.1, -0.05) is 61.8 Å². The van der Waals surface area contributed by atoms with Crippen molar-refractivity contribution >= 4 is 58.3 Å².